The maximum absolute atomic E-state index is 14.7. The lowest BCUT2D eigenvalue weighted by molar-refractivity contribution is 0.0586. The Morgan fingerprint density at radius 1 is 1.26 bits per heavy atom. The van der Waals surface area contributed by atoms with Gasteiger partial charge in [0.15, 0.2) is 11.6 Å². The molecule has 0 amide bonds. The molecule has 1 spiro atoms. The zero-order chi connectivity index (χ0) is 24.4. The van der Waals surface area contributed by atoms with Gasteiger partial charge in [-0.25, -0.2) is 13.7 Å². The molecule has 3 aromatic rings. The van der Waals surface area contributed by atoms with E-state index in [1.54, 1.807) is 18.2 Å². The van der Waals surface area contributed by atoms with Gasteiger partial charge in [-0.05, 0) is 75.5 Å². The Balaban J connectivity index is 1.37. The largest absolute Gasteiger partial charge is 0.453 e. The van der Waals surface area contributed by atoms with E-state index in [1.165, 1.54) is 31.0 Å². The van der Waals surface area contributed by atoms with Crippen molar-refractivity contribution in [3.8, 4) is 17.6 Å². The van der Waals surface area contributed by atoms with Crippen LogP contribution in [0.1, 0.15) is 49.8 Å². The molecule has 0 unspecified atom stereocenters. The summed E-state index contributed by atoms with van der Waals surface area (Å²) in [5.41, 5.74) is 3.54. The SMILES string of the molecule is CCN(C)SNc1ccc(F)c(Oc2ccc3ncc(C4CC5(CCNCC5)C4)nc3c2)c1C#N. The molecule has 9 heteroatoms. The zero-order valence-corrected chi connectivity index (χ0v) is 20.8. The number of anilines is 1. The van der Waals surface area contributed by atoms with Gasteiger partial charge in [-0.3, -0.25) is 4.98 Å². The molecule has 5 rings (SSSR count). The molecule has 1 aliphatic carbocycles. The average molecular weight is 493 g/mol. The molecule has 2 N–H and O–H groups in total. The fraction of sp³-hybridized carbons (Fsp3) is 0.423. The van der Waals surface area contributed by atoms with Gasteiger partial charge in [0, 0.05) is 36.9 Å². The second-order valence-electron chi connectivity index (χ2n) is 9.45. The molecule has 1 saturated carbocycles. The predicted molar refractivity (Wildman–Crippen MR) is 137 cm³/mol. The van der Waals surface area contributed by atoms with Crippen LogP contribution in [-0.2, 0) is 0 Å². The van der Waals surface area contributed by atoms with Gasteiger partial charge in [-0.15, -0.1) is 0 Å². The number of nitriles is 1. The van der Waals surface area contributed by atoms with Crippen molar-refractivity contribution in [2.45, 2.75) is 38.5 Å². The van der Waals surface area contributed by atoms with Crippen LogP contribution in [0.5, 0.6) is 11.5 Å². The van der Waals surface area contributed by atoms with Gasteiger partial charge < -0.3 is 14.8 Å². The van der Waals surface area contributed by atoms with Gasteiger partial charge in [0.2, 0.25) is 0 Å². The Labute approximate surface area is 209 Å². The number of nitrogens with one attached hydrogen (secondary N) is 2. The van der Waals surface area contributed by atoms with Gasteiger partial charge in [-0.1, -0.05) is 6.92 Å². The normalized spacial score (nSPS) is 17.3. The summed E-state index contributed by atoms with van der Waals surface area (Å²) >= 11 is 1.33. The summed E-state index contributed by atoms with van der Waals surface area (Å²) < 4.78 is 25.7. The number of nitrogens with zero attached hydrogens (tertiary/aromatic N) is 4. The third-order valence-corrected chi connectivity index (χ3v) is 8.05. The van der Waals surface area contributed by atoms with E-state index in [9.17, 15) is 9.65 Å². The number of rotatable bonds is 7. The van der Waals surface area contributed by atoms with E-state index in [0.717, 1.165) is 43.7 Å². The molecule has 0 radical (unpaired) electrons. The fourth-order valence-corrected chi connectivity index (χ4v) is 5.54. The molecule has 1 saturated heterocycles. The van der Waals surface area contributed by atoms with Gasteiger partial charge in [0.05, 0.1) is 22.4 Å². The zero-order valence-electron chi connectivity index (χ0n) is 20.0. The van der Waals surface area contributed by atoms with Crippen molar-refractivity contribution in [1.82, 2.24) is 19.6 Å². The molecule has 2 fully saturated rings. The maximum atomic E-state index is 14.7. The lowest BCUT2D eigenvalue weighted by Crippen LogP contribution is -2.44. The molecule has 0 bridgehead atoms. The van der Waals surface area contributed by atoms with Crippen molar-refractivity contribution in [3.63, 3.8) is 0 Å². The van der Waals surface area contributed by atoms with Crippen LogP contribution in [0.3, 0.4) is 0 Å². The molecule has 2 heterocycles. The third-order valence-electron chi connectivity index (χ3n) is 7.17. The lowest BCUT2D eigenvalue weighted by atomic mass is 9.57. The van der Waals surface area contributed by atoms with Gasteiger partial charge in [0.25, 0.3) is 0 Å². The highest BCUT2D eigenvalue weighted by Gasteiger charge is 2.45. The number of aromatic nitrogens is 2. The van der Waals surface area contributed by atoms with Crippen molar-refractivity contribution in [1.29, 1.82) is 5.26 Å². The molecule has 0 atom stereocenters. The standard InChI is InChI=1S/C26H29FN6OS/c1-3-33(2)35-32-21-7-5-20(27)25(19(21)15-28)34-18-4-6-22-23(12-18)31-24(16-30-22)17-13-26(14-17)8-10-29-11-9-26/h4-7,12,16-17,29,32H,3,8-11,13-14H2,1-2H3. The van der Waals surface area contributed by atoms with E-state index in [-0.39, 0.29) is 11.3 Å². The summed E-state index contributed by atoms with van der Waals surface area (Å²) in [6.07, 6.45) is 6.67. The van der Waals surface area contributed by atoms with Gasteiger partial charge in [-0.2, -0.15) is 5.26 Å². The highest BCUT2D eigenvalue weighted by Crippen LogP contribution is 2.55. The van der Waals surface area contributed by atoms with Crippen LogP contribution >= 0.6 is 12.1 Å². The number of hydrogen-bond donors (Lipinski definition) is 2. The summed E-state index contributed by atoms with van der Waals surface area (Å²) in [5, 5.41) is 13.2. The molecule has 7 nitrogen and oxygen atoms in total. The van der Waals surface area contributed by atoms with Crippen molar-refractivity contribution in [2.75, 3.05) is 31.4 Å². The van der Waals surface area contributed by atoms with Crippen LogP contribution in [0.4, 0.5) is 10.1 Å². The fourth-order valence-electron chi connectivity index (χ4n) is 4.99. The van der Waals surface area contributed by atoms with Crippen molar-refractivity contribution in [2.24, 2.45) is 5.41 Å². The van der Waals surface area contributed by atoms with E-state index in [0.29, 0.717) is 28.3 Å². The molecule has 35 heavy (non-hydrogen) atoms. The first-order valence-corrected chi connectivity index (χ1v) is 12.8. The minimum atomic E-state index is -0.595. The van der Waals surface area contributed by atoms with Crippen LogP contribution in [0.15, 0.2) is 36.5 Å². The number of halogens is 1. The molecule has 1 aliphatic heterocycles. The Morgan fingerprint density at radius 2 is 2.06 bits per heavy atom. The first-order chi connectivity index (χ1) is 17.0. The minimum absolute atomic E-state index is 0.104. The first-order valence-electron chi connectivity index (χ1n) is 12.0. The number of benzene rings is 2. The monoisotopic (exact) mass is 492 g/mol. The second kappa shape index (κ2) is 9.97. The summed E-state index contributed by atoms with van der Waals surface area (Å²) in [7, 11) is 1.92. The lowest BCUT2D eigenvalue weighted by Gasteiger charge is -2.50. The topological polar surface area (TPSA) is 86.1 Å². The van der Waals surface area contributed by atoms with Crippen LogP contribution < -0.4 is 14.8 Å². The second-order valence-corrected chi connectivity index (χ2v) is 10.5. The summed E-state index contributed by atoms with van der Waals surface area (Å²) in [4.78, 5) is 9.49. The van der Waals surface area contributed by atoms with E-state index in [4.69, 9.17) is 9.72 Å². The molecule has 1 aromatic heterocycles. The van der Waals surface area contributed by atoms with Gasteiger partial charge >= 0.3 is 0 Å². The van der Waals surface area contributed by atoms with E-state index in [2.05, 4.69) is 21.1 Å². The predicted octanol–water partition coefficient (Wildman–Crippen LogP) is 5.61. The van der Waals surface area contributed by atoms with E-state index in [1.807, 2.05) is 30.5 Å². The minimum Gasteiger partial charge on any atom is -0.453 e. The first kappa shape index (κ1) is 23.8. The summed E-state index contributed by atoms with van der Waals surface area (Å²) in [5.74, 6) is 0.146. The highest BCUT2D eigenvalue weighted by molar-refractivity contribution is 7.98. The Kier molecular flexibility index (Phi) is 6.78. The number of hydrogen-bond acceptors (Lipinski definition) is 8. The van der Waals surface area contributed by atoms with Crippen LogP contribution in [0.2, 0.25) is 0 Å². The molecule has 182 valence electrons. The quantitative estimate of drug-likeness (QED) is 0.412. The Bertz CT molecular complexity index is 1260. The molecule has 2 aliphatic rings. The Hall–Kier alpha value is -2.93. The summed E-state index contributed by atoms with van der Waals surface area (Å²) in [6.45, 7) is 5.03. The van der Waals surface area contributed by atoms with E-state index < -0.39 is 5.82 Å². The number of fused-ring (bicyclic) bond motifs is 1. The number of ether oxygens (including phenoxy) is 1. The molecule has 2 aromatic carbocycles. The summed E-state index contributed by atoms with van der Waals surface area (Å²) in [6, 6.07) is 10.2. The maximum Gasteiger partial charge on any atom is 0.182 e. The van der Waals surface area contributed by atoms with Crippen LogP contribution in [0.25, 0.3) is 11.0 Å². The number of piperidine rings is 1. The third kappa shape index (κ3) is 4.92. The smallest absolute Gasteiger partial charge is 0.182 e. The van der Waals surface area contributed by atoms with Crippen LogP contribution in [-0.4, -0.2) is 41.0 Å². The average Bonchev–Trinajstić information content (AvgIpc) is 2.87. The molecular formula is C26H29FN6OS. The van der Waals surface area contributed by atoms with Crippen molar-refractivity contribution >= 4 is 28.9 Å². The van der Waals surface area contributed by atoms with Crippen molar-refractivity contribution < 1.29 is 9.13 Å². The highest BCUT2D eigenvalue weighted by atomic mass is 32.2. The molecular weight excluding hydrogens is 463 g/mol. The van der Waals surface area contributed by atoms with Crippen LogP contribution in [0, 0.1) is 22.6 Å². The van der Waals surface area contributed by atoms with Crippen molar-refractivity contribution in [3.05, 3.63) is 53.6 Å². The van der Waals surface area contributed by atoms with Gasteiger partial charge in [0.1, 0.15) is 17.4 Å². The van der Waals surface area contributed by atoms with E-state index >= 15 is 0 Å². The Morgan fingerprint density at radius 3 is 2.80 bits per heavy atom.